The summed E-state index contributed by atoms with van der Waals surface area (Å²) in [5, 5.41) is 14.3. The molecule has 1 amide bonds. The monoisotopic (exact) mass is 440 g/mol. The largest absolute Gasteiger partial charge is 0.475 e. The van der Waals surface area contributed by atoms with Crippen LogP contribution in [0.15, 0.2) is 30.7 Å². The smallest absolute Gasteiger partial charge is 0.434 e. The summed E-state index contributed by atoms with van der Waals surface area (Å²) in [5.74, 6) is -0.426. The van der Waals surface area contributed by atoms with E-state index in [2.05, 4.69) is 30.0 Å². The Kier molecular flexibility index (Phi) is 6.42. The predicted octanol–water partition coefficient (Wildman–Crippen LogP) is 3.02. The number of nitrogens with zero attached hydrogens (tertiary/aromatic N) is 4. The van der Waals surface area contributed by atoms with Crippen LogP contribution < -0.4 is 15.4 Å². The number of amides is 1. The Morgan fingerprint density at radius 3 is 2.73 bits per heavy atom. The van der Waals surface area contributed by atoms with Crippen LogP contribution >= 0.6 is 11.5 Å². The molecule has 0 aromatic carbocycles. The third-order valence-electron chi connectivity index (χ3n) is 3.59. The van der Waals surface area contributed by atoms with Crippen LogP contribution in [-0.2, 0) is 6.18 Å². The lowest BCUT2D eigenvalue weighted by Crippen LogP contribution is -2.15. The van der Waals surface area contributed by atoms with Gasteiger partial charge in [0.2, 0.25) is 5.88 Å². The maximum absolute atomic E-state index is 12.8. The normalized spacial score (nSPS) is 11.2. The van der Waals surface area contributed by atoms with Gasteiger partial charge in [0.15, 0.2) is 5.69 Å². The maximum Gasteiger partial charge on any atom is 0.434 e. The Bertz CT molecular complexity index is 1030. The minimum absolute atomic E-state index is 0.0892. The van der Waals surface area contributed by atoms with Crippen LogP contribution in [0.3, 0.4) is 0 Å². The molecular formula is C17H15F3N6O3S. The molecule has 30 heavy (non-hydrogen) atoms. The summed E-state index contributed by atoms with van der Waals surface area (Å²) in [4.78, 5) is 23.7. The molecule has 0 unspecified atom stereocenters. The topological polar surface area (TPSA) is 122 Å². The molecule has 0 aliphatic heterocycles. The molecule has 0 fully saturated rings. The van der Waals surface area contributed by atoms with Crippen molar-refractivity contribution < 1.29 is 27.8 Å². The van der Waals surface area contributed by atoms with Gasteiger partial charge >= 0.3 is 6.18 Å². The number of halogens is 3. The van der Waals surface area contributed by atoms with Crippen molar-refractivity contribution in [3.63, 3.8) is 0 Å². The second-order valence-corrected chi connectivity index (χ2v) is 6.57. The zero-order valence-electron chi connectivity index (χ0n) is 15.4. The fraction of sp³-hybridized carbons (Fsp3) is 0.235. The van der Waals surface area contributed by atoms with Crippen molar-refractivity contribution in [1.82, 2.24) is 19.3 Å². The zero-order chi connectivity index (χ0) is 21.7. The number of anilines is 3. The highest BCUT2D eigenvalue weighted by Gasteiger charge is 2.33. The number of pyridine rings is 1. The van der Waals surface area contributed by atoms with Crippen molar-refractivity contribution in [2.24, 2.45) is 0 Å². The van der Waals surface area contributed by atoms with Crippen molar-refractivity contribution in [3.8, 4) is 5.88 Å². The number of alkyl halides is 3. The lowest BCUT2D eigenvalue weighted by Gasteiger charge is -2.10. The van der Waals surface area contributed by atoms with Gasteiger partial charge in [-0.3, -0.25) is 9.78 Å². The summed E-state index contributed by atoms with van der Waals surface area (Å²) in [6.45, 7) is 1.53. The molecule has 0 aliphatic carbocycles. The molecule has 3 aromatic heterocycles. The number of hydrogen-bond donors (Lipinski definition) is 3. The second-order valence-electron chi connectivity index (χ2n) is 5.80. The van der Waals surface area contributed by atoms with Gasteiger partial charge in [-0.25, -0.2) is 9.97 Å². The first-order chi connectivity index (χ1) is 14.3. The van der Waals surface area contributed by atoms with Gasteiger partial charge in [0, 0.05) is 6.07 Å². The van der Waals surface area contributed by atoms with E-state index in [1.807, 2.05) is 0 Å². The molecule has 0 saturated heterocycles. The molecule has 0 saturated carbocycles. The molecule has 13 heteroatoms. The highest BCUT2D eigenvalue weighted by Crippen LogP contribution is 2.31. The SMILES string of the molecule is Cc1nsc(Nc2cncc(C(F)(F)F)n2)c1C(=O)Nc1ccc(OCCO)nc1. The van der Waals surface area contributed by atoms with Crippen LogP contribution in [0.1, 0.15) is 21.7 Å². The Morgan fingerprint density at radius 1 is 1.27 bits per heavy atom. The number of aromatic nitrogens is 4. The number of aliphatic hydroxyl groups excluding tert-OH is 1. The van der Waals surface area contributed by atoms with Crippen LogP contribution in [0, 0.1) is 6.92 Å². The van der Waals surface area contributed by atoms with Crippen molar-refractivity contribution in [2.45, 2.75) is 13.1 Å². The molecule has 9 nitrogen and oxygen atoms in total. The van der Waals surface area contributed by atoms with E-state index in [0.29, 0.717) is 17.6 Å². The van der Waals surface area contributed by atoms with Crippen molar-refractivity contribution >= 4 is 33.9 Å². The van der Waals surface area contributed by atoms with Gasteiger partial charge in [-0.15, -0.1) is 0 Å². The summed E-state index contributed by atoms with van der Waals surface area (Å²) in [6.07, 6.45) is -1.56. The first-order valence-electron chi connectivity index (χ1n) is 8.41. The number of hydrogen-bond acceptors (Lipinski definition) is 9. The number of rotatable bonds is 7. The number of aryl methyl sites for hydroxylation is 1. The molecule has 3 heterocycles. The Hall–Kier alpha value is -3.32. The fourth-order valence-corrected chi connectivity index (χ4v) is 3.09. The average Bonchev–Trinajstić information content (AvgIpc) is 3.07. The summed E-state index contributed by atoms with van der Waals surface area (Å²) in [6, 6.07) is 3.07. The van der Waals surface area contributed by atoms with E-state index in [-0.39, 0.29) is 35.5 Å². The fourth-order valence-electron chi connectivity index (χ4n) is 2.28. The highest BCUT2D eigenvalue weighted by atomic mass is 32.1. The molecule has 0 aliphatic rings. The predicted molar refractivity (Wildman–Crippen MR) is 102 cm³/mol. The van der Waals surface area contributed by atoms with E-state index < -0.39 is 17.8 Å². The van der Waals surface area contributed by atoms with Crippen LogP contribution in [-0.4, -0.2) is 43.6 Å². The Morgan fingerprint density at radius 2 is 2.07 bits per heavy atom. The van der Waals surface area contributed by atoms with Crippen molar-refractivity contribution in [1.29, 1.82) is 0 Å². The lowest BCUT2D eigenvalue weighted by atomic mass is 10.2. The first kappa shape index (κ1) is 21.4. The number of ether oxygens (including phenoxy) is 1. The molecular weight excluding hydrogens is 425 g/mol. The molecule has 3 rings (SSSR count). The number of nitrogens with one attached hydrogen (secondary N) is 2. The van der Waals surface area contributed by atoms with E-state index >= 15 is 0 Å². The van der Waals surface area contributed by atoms with Gasteiger partial charge < -0.3 is 20.5 Å². The standard InChI is InChI=1S/C17H15F3N6O3S/c1-9-14(15(28)23-10-2-3-13(22-6-10)29-5-4-27)16(30-26-9)25-12-8-21-7-11(24-12)17(18,19)20/h2-3,6-8,27H,4-5H2,1H3,(H,23,28)(H,24,25). The zero-order valence-corrected chi connectivity index (χ0v) is 16.2. The third-order valence-corrected chi connectivity index (χ3v) is 4.45. The van der Waals surface area contributed by atoms with Gasteiger partial charge in [0.1, 0.15) is 17.4 Å². The van der Waals surface area contributed by atoms with Crippen molar-refractivity contribution in [3.05, 3.63) is 47.7 Å². The molecule has 3 N–H and O–H groups in total. The Labute approximate surface area is 172 Å². The van der Waals surface area contributed by atoms with Crippen LogP contribution in [0.5, 0.6) is 5.88 Å². The van der Waals surface area contributed by atoms with E-state index in [9.17, 15) is 18.0 Å². The van der Waals surface area contributed by atoms with Gasteiger partial charge in [-0.1, -0.05) is 0 Å². The lowest BCUT2D eigenvalue weighted by molar-refractivity contribution is -0.141. The maximum atomic E-state index is 12.8. The van der Waals surface area contributed by atoms with E-state index in [1.54, 1.807) is 13.0 Å². The third kappa shape index (κ3) is 5.18. The van der Waals surface area contributed by atoms with Gasteiger partial charge in [0.05, 0.1) is 42.1 Å². The van der Waals surface area contributed by atoms with E-state index in [0.717, 1.165) is 17.7 Å². The summed E-state index contributed by atoms with van der Waals surface area (Å²) in [5.41, 5.74) is -0.253. The molecule has 158 valence electrons. The summed E-state index contributed by atoms with van der Waals surface area (Å²) >= 11 is 0.905. The summed E-state index contributed by atoms with van der Waals surface area (Å²) in [7, 11) is 0. The van der Waals surface area contributed by atoms with Gasteiger partial charge in [-0.05, 0) is 24.5 Å². The van der Waals surface area contributed by atoms with Gasteiger partial charge in [0.25, 0.3) is 5.91 Å². The molecule has 0 radical (unpaired) electrons. The molecule has 0 bridgehead atoms. The minimum Gasteiger partial charge on any atom is -0.475 e. The second kappa shape index (κ2) is 9.00. The van der Waals surface area contributed by atoms with Crippen LogP contribution in [0.2, 0.25) is 0 Å². The summed E-state index contributed by atoms with van der Waals surface area (Å²) < 4.78 is 47.7. The van der Waals surface area contributed by atoms with Gasteiger partial charge in [-0.2, -0.15) is 17.5 Å². The molecule has 0 atom stereocenters. The van der Waals surface area contributed by atoms with E-state index in [4.69, 9.17) is 9.84 Å². The number of carbonyl (C=O) groups is 1. The van der Waals surface area contributed by atoms with Crippen molar-refractivity contribution in [2.75, 3.05) is 23.8 Å². The molecule has 0 spiro atoms. The Balaban J connectivity index is 1.76. The number of carbonyl (C=O) groups excluding carboxylic acids is 1. The number of aliphatic hydroxyl groups is 1. The highest BCUT2D eigenvalue weighted by molar-refractivity contribution is 7.10. The van der Waals surface area contributed by atoms with E-state index in [1.165, 1.54) is 12.3 Å². The van der Waals surface area contributed by atoms with Crippen LogP contribution in [0.4, 0.5) is 29.7 Å². The first-order valence-corrected chi connectivity index (χ1v) is 9.19. The average molecular weight is 440 g/mol. The molecule has 3 aromatic rings. The minimum atomic E-state index is -4.64. The van der Waals surface area contributed by atoms with Crippen LogP contribution in [0.25, 0.3) is 0 Å². The quantitative estimate of drug-likeness (QED) is 0.513.